The molecular weight excluding hydrogens is 297 g/mol. The molecule has 118 valence electrons. The van der Waals surface area contributed by atoms with Crippen molar-refractivity contribution in [3.8, 4) is 11.4 Å². The predicted molar refractivity (Wildman–Crippen MR) is 84.3 cm³/mol. The molecule has 2 aromatic carbocycles. The maximum Gasteiger partial charge on any atom is 0.146 e. The molecule has 0 atom stereocenters. The average Bonchev–Trinajstić information content (AvgIpc) is 3.09. The van der Waals surface area contributed by atoms with E-state index in [1.807, 2.05) is 31.2 Å². The molecule has 0 bridgehead atoms. The summed E-state index contributed by atoms with van der Waals surface area (Å²) in [4.78, 5) is 0. The summed E-state index contributed by atoms with van der Waals surface area (Å²) in [6.45, 7) is 2.92. The number of nitrogens with one attached hydrogen (secondary N) is 1. The van der Waals surface area contributed by atoms with Gasteiger partial charge in [0.2, 0.25) is 0 Å². The van der Waals surface area contributed by atoms with Crippen LogP contribution in [0.25, 0.3) is 5.69 Å². The molecule has 0 amide bonds. The largest absolute Gasteiger partial charge is 0.492 e. The van der Waals surface area contributed by atoms with E-state index in [1.165, 1.54) is 22.6 Å². The Labute approximate surface area is 132 Å². The van der Waals surface area contributed by atoms with Crippen molar-refractivity contribution in [3.05, 3.63) is 60.2 Å². The first-order valence-electron chi connectivity index (χ1n) is 7.18. The molecule has 1 heterocycles. The van der Waals surface area contributed by atoms with Crippen LogP contribution in [0.4, 0.5) is 10.1 Å². The number of halogens is 1. The SMILES string of the molecule is Cc1ccc(OCCNc2cc(-n3cnnn3)ccc2F)cc1. The molecule has 0 radical (unpaired) electrons. The van der Waals surface area contributed by atoms with E-state index in [0.717, 1.165) is 5.75 Å². The minimum Gasteiger partial charge on any atom is -0.492 e. The Morgan fingerprint density at radius 3 is 2.74 bits per heavy atom. The number of anilines is 1. The van der Waals surface area contributed by atoms with Crippen LogP contribution in [0.3, 0.4) is 0 Å². The van der Waals surface area contributed by atoms with E-state index in [2.05, 4.69) is 20.8 Å². The summed E-state index contributed by atoms with van der Waals surface area (Å²) >= 11 is 0. The summed E-state index contributed by atoms with van der Waals surface area (Å²) in [5.41, 5.74) is 2.24. The van der Waals surface area contributed by atoms with Crippen molar-refractivity contribution in [1.82, 2.24) is 20.2 Å². The zero-order valence-electron chi connectivity index (χ0n) is 12.6. The van der Waals surface area contributed by atoms with Crippen molar-refractivity contribution < 1.29 is 9.13 Å². The van der Waals surface area contributed by atoms with Gasteiger partial charge < -0.3 is 10.1 Å². The number of hydrogen-bond acceptors (Lipinski definition) is 5. The summed E-state index contributed by atoms with van der Waals surface area (Å²) in [7, 11) is 0. The number of ether oxygens (including phenoxy) is 1. The highest BCUT2D eigenvalue weighted by Crippen LogP contribution is 2.18. The van der Waals surface area contributed by atoms with E-state index in [4.69, 9.17) is 4.74 Å². The molecule has 3 rings (SSSR count). The fourth-order valence-electron chi connectivity index (χ4n) is 2.06. The van der Waals surface area contributed by atoms with Crippen LogP contribution in [0.1, 0.15) is 5.56 Å². The molecule has 0 fully saturated rings. The zero-order valence-corrected chi connectivity index (χ0v) is 12.6. The summed E-state index contributed by atoms with van der Waals surface area (Å²) in [6, 6.07) is 12.4. The minimum atomic E-state index is -0.336. The summed E-state index contributed by atoms with van der Waals surface area (Å²) < 4.78 is 20.9. The highest BCUT2D eigenvalue weighted by atomic mass is 19.1. The van der Waals surface area contributed by atoms with Gasteiger partial charge in [-0.15, -0.1) is 5.10 Å². The van der Waals surface area contributed by atoms with Gasteiger partial charge in [-0.2, -0.15) is 0 Å². The van der Waals surface area contributed by atoms with Crippen molar-refractivity contribution in [2.75, 3.05) is 18.5 Å². The third-order valence-corrected chi connectivity index (χ3v) is 3.27. The fraction of sp³-hybridized carbons (Fsp3) is 0.188. The van der Waals surface area contributed by atoms with Crippen LogP contribution in [-0.2, 0) is 0 Å². The van der Waals surface area contributed by atoms with Gasteiger partial charge in [-0.05, 0) is 47.7 Å². The number of rotatable bonds is 6. The molecule has 6 nitrogen and oxygen atoms in total. The van der Waals surface area contributed by atoms with Gasteiger partial charge in [0.15, 0.2) is 0 Å². The Hall–Kier alpha value is -2.96. The highest BCUT2D eigenvalue weighted by molar-refractivity contribution is 5.52. The molecule has 0 saturated heterocycles. The van der Waals surface area contributed by atoms with Gasteiger partial charge in [-0.25, -0.2) is 9.07 Å². The van der Waals surface area contributed by atoms with Crippen LogP contribution >= 0.6 is 0 Å². The van der Waals surface area contributed by atoms with Crippen molar-refractivity contribution in [3.63, 3.8) is 0 Å². The maximum atomic E-state index is 13.8. The maximum absolute atomic E-state index is 13.8. The third-order valence-electron chi connectivity index (χ3n) is 3.27. The molecular formula is C16H16FN5O. The second kappa shape index (κ2) is 6.87. The molecule has 3 aromatic rings. The lowest BCUT2D eigenvalue weighted by molar-refractivity contribution is 0.332. The first-order chi connectivity index (χ1) is 11.2. The molecule has 1 aromatic heterocycles. The number of tetrazole rings is 1. The second-order valence-corrected chi connectivity index (χ2v) is 5.01. The number of nitrogens with zero attached hydrogens (tertiary/aromatic N) is 4. The van der Waals surface area contributed by atoms with Gasteiger partial charge >= 0.3 is 0 Å². The Morgan fingerprint density at radius 2 is 2.00 bits per heavy atom. The van der Waals surface area contributed by atoms with E-state index in [1.54, 1.807) is 12.1 Å². The van der Waals surface area contributed by atoms with Crippen LogP contribution in [0, 0.1) is 12.7 Å². The van der Waals surface area contributed by atoms with Crippen molar-refractivity contribution in [1.29, 1.82) is 0 Å². The summed E-state index contributed by atoms with van der Waals surface area (Å²) in [5.74, 6) is 0.456. The van der Waals surface area contributed by atoms with Gasteiger partial charge in [0.05, 0.1) is 11.4 Å². The molecule has 0 saturated carbocycles. The van der Waals surface area contributed by atoms with Crippen LogP contribution < -0.4 is 10.1 Å². The molecule has 0 spiro atoms. The Bertz CT molecular complexity index is 759. The van der Waals surface area contributed by atoms with Gasteiger partial charge in [0.25, 0.3) is 0 Å². The van der Waals surface area contributed by atoms with Gasteiger partial charge in [0, 0.05) is 6.54 Å². The van der Waals surface area contributed by atoms with E-state index >= 15 is 0 Å². The Morgan fingerprint density at radius 1 is 1.17 bits per heavy atom. The molecule has 7 heteroatoms. The van der Waals surface area contributed by atoms with Crippen molar-refractivity contribution in [2.24, 2.45) is 0 Å². The summed E-state index contributed by atoms with van der Waals surface area (Å²) in [5, 5.41) is 13.9. The van der Waals surface area contributed by atoms with E-state index in [0.29, 0.717) is 24.5 Å². The lowest BCUT2D eigenvalue weighted by Gasteiger charge is -2.10. The molecule has 0 aliphatic carbocycles. The molecule has 0 aliphatic heterocycles. The first kappa shape index (κ1) is 15.0. The van der Waals surface area contributed by atoms with E-state index in [-0.39, 0.29) is 5.82 Å². The quantitative estimate of drug-likeness (QED) is 0.709. The van der Waals surface area contributed by atoms with Crippen LogP contribution in [0.2, 0.25) is 0 Å². The minimum absolute atomic E-state index is 0.336. The third kappa shape index (κ3) is 3.82. The zero-order chi connectivity index (χ0) is 16.1. The van der Waals surface area contributed by atoms with Crippen molar-refractivity contribution in [2.45, 2.75) is 6.92 Å². The second-order valence-electron chi connectivity index (χ2n) is 5.01. The molecule has 23 heavy (non-hydrogen) atoms. The van der Waals surface area contributed by atoms with Crippen molar-refractivity contribution >= 4 is 5.69 Å². The predicted octanol–water partition coefficient (Wildman–Crippen LogP) is 2.60. The standard InChI is InChI=1S/C16H16FN5O/c1-12-2-5-14(6-3-12)23-9-8-18-16-10-13(4-7-15(16)17)22-11-19-20-21-22/h2-7,10-11,18H,8-9H2,1H3. The fourth-order valence-corrected chi connectivity index (χ4v) is 2.06. The molecule has 0 unspecified atom stereocenters. The first-order valence-corrected chi connectivity index (χ1v) is 7.18. The van der Waals surface area contributed by atoms with Gasteiger partial charge in [-0.1, -0.05) is 17.7 Å². The number of benzene rings is 2. The average molecular weight is 313 g/mol. The number of aromatic nitrogens is 4. The number of hydrogen-bond donors (Lipinski definition) is 1. The van der Waals surface area contributed by atoms with Gasteiger partial charge in [-0.3, -0.25) is 0 Å². The van der Waals surface area contributed by atoms with E-state index in [9.17, 15) is 4.39 Å². The smallest absolute Gasteiger partial charge is 0.146 e. The summed E-state index contributed by atoms with van der Waals surface area (Å²) in [6.07, 6.45) is 1.46. The van der Waals surface area contributed by atoms with Crippen LogP contribution in [0.15, 0.2) is 48.8 Å². The normalized spacial score (nSPS) is 10.5. The lowest BCUT2D eigenvalue weighted by Crippen LogP contribution is -2.12. The van der Waals surface area contributed by atoms with E-state index < -0.39 is 0 Å². The lowest BCUT2D eigenvalue weighted by atomic mass is 10.2. The monoisotopic (exact) mass is 313 g/mol. The van der Waals surface area contributed by atoms with Gasteiger partial charge in [0.1, 0.15) is 24.5 Å². The Balaban J connectivity index is 1.57. The Kier molecular flexibility index (Phi) is 4.46. The molecule has 0 aliphatic rings. The topological polar surface area (TPSA) is 64.9 Å². The van der Waals surface area contributed by atoms with Crippen LogP contribution in [-0.4, -0.2) is 33.4 Å². The number of aryl methyl sites for hydroxylation is 1. The highest BCUT2D eigenvalue weighted by Gasteiger charge is 2.05. The molecule has 1 N–H and O–H groups in total. The van der Waals surface area contributed by atoms with Crippen LogP contribution in [0.5, 0.6) is 5.75 Å².